The summed E-state index contributed by atoms with van der Waals surface area (Å²) in [7, 11) is 0. The summed E-state index contributed by atoms with van der Waals surface area (Å²) in [6.07, 6.45) is -0.218. The standard InChI is InChI=1S/C11H21NO4/c1-8(10(14)15)4-12-5-9(6-13)16-11(2,3)7-12/h8-9,13H,4-7H2,1-3H3,(H,14,15). The zero-order valence-corrected chi connectivity index (χ0v) is 10.1. The van der Waals surface area contributed by atoms with Gasteiger partial charge in [0.2, 0.25) is 0 Å². The average Bonchev–Trinajstić information content (AvgIpc) is 2.14. The monoisotopic (exact) mass is 231 g/mol. The Balaban J connectivity index is 2.56. The number of carbonyl (C=O) groups is 1. The van der Waals surface area contributed by atoms with Gasteiger partial charge in [0.25, 0.3) is 0 Å². The second kappa shape index (κ2) is 5.12. The van der Waals surface area contributed by atoms with E-state index in [1.165, 1.54) is 0 Å². The molecule has 0 aromatic rings. The van der Waals surface area contributed by atoms with E-state index in [4.69, 9.17) is 14.9 Å². The molecule has 0 aliphatic carbocycles. The number of morpholine rings is 1. The van der Waals surface area contributed by atoms with Crippen molar-refractivity contribution in [1.82, 2.24) is 4.90 Å². The van der Waals surface area contributed by atoms with Crippen molar-refractivity contribution < 1.29 is 19.7 Å². The molecule has 16 heavy (non-hydrogen) atoms. The molecule has 1 fully saturated rings. The maximum atomic E-state index is 10.8. The first-order chi connectivity index (χ1) is 7.34. The summed E-state index contributed by atoms with van der Waals surface area (Å²) in [5.74, 6) is -1.18. The molecule has 94 valence electrons. The van der Waals surface area contributed by atoms with Crippen molar-refractivity contribution >= 4 is 5.97 Å². The van der Waals surface area contributed by atoms with Crippen molar-refractivity contribution in [3.8, 4) is 0 Å². The van der Waals surface area contributed by atoms with Crippen LogP contribution in [-0.2, 0) is 9.53 Å². The molecule has 1 aliphatic heterocycles. The Labute approximate surface area is 96.0 Å². The van der Waals surface area contributed by atoms with Crippen LogP contribution >= 0.6 is 0 Å². The van der Waals surface area contributed by atoms with Gasteiger partial charge in [0, 0.05) is 19.6 Å². The fraction of sp³-hybridized carbons (Fsp3) is 0.909. The minimum Gasteiger partial charge on any atom is -0.481 e. The van der Waals surface area contributed by atoms with Gasteiger partial charge in [0.05, 0.1) is 24.2 Å². The molecule has 2 atom stereocenters. The molecule has 2 unspecified atom stereocenters. The van der Waals surface area contributed by atoms with Gasteiger partial charge in [-0.15, -0.1) is 0 Å². The van der Waals surface area contributed by atoms with Gasteiger partial charge >= 0.3 is 5.97 Å². The number of aliphatic hydroxyl groups excluding tert-OH is 1. The molecule has 0 bridgehead atoms. The molecule has 5 nitrogen and oxygen atoms in total. The largest absolute Gasteiger partial charge is 0.481 e. The van der Waals surface area contributed by atoms with Crippen LogP contribution in [0.4, 0.5) is 0 Å². The fourth-order valence-corrected chi connectivity index (χ4v) is 2.12. The van der Waals surface area contributed by atoms with Gasteiger partial charge in [0.15, 0.2) is 0 Å². The van der Waals surface area contributed by atoms with E-state index < -0.39 is 11.9 Å². The Hall–Kier alpha value is -0.650. The molecule has 1 aliphatic rings. The van der Waals surface area contributed by atoms with E-state index in [2.05, 4.69) is 0 Å². The van der Waals surface area contributed by atoms with Gasteiger partial charge in [-0.05, 0) is 13.8 Å². The van der Waals surface area contributed by atoms with E-state index in [1.54, 1.807) is 6.92 Å². The first-order valence-electron chi connectivity index (χ1n) is 5.58. The molecule has 1 heterocycles. The van der Waals surface area contributed by atoms with Crippen LogP contribution in [0.3, 0.4) is 0 Å². The third kappa shape index (κ3) is 3.73. The number of hydrogen-bond acceptors (Lipinski definition) is 4. The van der Waals surface area contributed by atoms with Crippen molar-refractivity contribution in [3.63, 3.8) is 0 Å². The Morgan fingerprint density at radius 1 is 1.62 bits per heavy atom. The highest BCUT2D eigenvalue weighted by molar-refractivity contribution is 5.69. The number of rotatable bonds is 4. The third-order valence-electron chi connectivity index (χ3n) is 2.71. The molecule has 0 amide bonds. The zero-order valence-electron chi connectivity index (χ0n) is 10.1. The van der Waals surface area contributed by atoms with Crippen LogP contribution in [0.15, 0.2) is 0 Å². The molecule has 0 radical (unpaired) electrons. The Morgan fingerprint density at radius 2 is 2.25 bits per heavy atom. The van der Waals surface area contributed by atoms with Crippen molar-refractivity contribution in [2.45, 2.75) is 32.5 Å². The van der Waals surface area contributed by atoms with Gasteiger partial charge in [-0.3, -0.25) is 9.69 Å². The molecule has 0 saturated carbocycles. The van der Waals surface area contributed by atoms with Crippen LogP contribution in [0.25, 0.3) is 0 Å². The van der Waals surface area contributed by atoms with Crippen LogP contribution in [0.2, 0.25) is 0 Å². The predicted molar refractivity (Wildman–Crippen MR) is 59.3 cm³/mol. The normalized spacial score (nSPS) is 27.6. The Morgan fingerprint density at radius 3 is 2.75 bits per heavy atom. The lowest BCUT2D eigenvalue weighted by molar-refractivity contribution is -0.156. The van der Waals surface area contributed by atoms with E-state index in [0.717, 1.165) is 0 Å². The van der Waals surface area contributed by atoms with Crippen LogP contribution in [0.1, 0.15) is 20.8 Å². The van der Waals surface area contributed by atoms with Crippen LogP contribution in [0.5, 0.6) is 0 Å². The molecule has 1 rings (SSSR count). The lowest BCUT2D eigenvalue weighted by Gasteiger charge is -2.42. The van der Waals surface area contributed by atoms with Crippen LogP contribution < -0.4 is 0 Å². The molecular formula is C11H21NO4. The van der Waals surface area contributed by atoms with Gasteiger partial charge < -0.3 is 14.9 Å². The number of hydrogen-bond donors (Lipinski definition) is 2. The minimum atomic E-state index is -0.787. The first-order valence-corrected chi connectivity index (χ1v) is 5.58. The quantitative estimate of drug-likeness (QED) is 0.722. The van der Waals surface area contributed by atoms with Gasteiger partial charge in [-0.1, -0.05) is 6.92 Å². The number of carboxylic acids is 1. The summed E-state index contributed by atoms with van der Waals surface area (Å²) < 4.78 is 5.66. The summed E-state index contributed by atoms with van der Waals surface area (Å²) in [6.45, 7) is 7.36. The number of carboxylic acid groups (broad SMARTS) is 1. The van der Waals surface area contributed by atoms with E-state index in [9.17, 15) is 4.79 Å². The minimum absolute atomic E-state index is 0.0264. The van der Waals surface area contributed by atoms with E-state index in [-0.39, 0.29) is 18.3 Å². The highest BCUT2D eigenvalue weighted by atomic mass is 16.5. The molecule has 1 saturated heterocycles. The highest BCUT2D eigenvalue weighted by Crippen LogP contribution is 2.21. The predicted octanol–water partition coefficient (Wildman–Crippen LogP) is 0.179. The summed E-state index contributed by atoms with van der Waals surface area (Å²) in [5, 5.41) is 18.0. The van der Waals surface area contributed by atoms with Crippen LogP contribution in [-0.4, -0.2) is 59.0 Å². The van der Waals surface area contributed by atoms with Crippen molar-refractivity contribution in [1.29, 1.82) is 0 Å². The number of aliphatic hydroxyl groups is 1. The number of ether oxygens (including phenoxy) is 1. The number of aliphatic carboxylic acids is 1. The Bertz CT molecular complexity index is 254. The maximum Gasteiger partial charge on any atom is 0.307 e. The topological polar surface area (TPSA) is 70.0 Å². The van der Waals surface area contributed by atoms with Crippen molar-refractivity contribution in [3.05, 3.63) is 0 Å². The van der Waals surface area contributed by atoms with Gasteiger partial charge in [-0.2, -0.15) is 0 Å². The second-order valence-corrected chi connectivity index (χ2v) is 5.12. The van der Waals surface area contributed by atoms with E-state index >= 15 is 0 Å². The third-order valence-corrected chi connectivity index (χ3v) is 2.71. The lowest BCUT2D eigenvalue weighted by atomic mass is 10.0. The maximum absolute atomic E-state index is 10.8. The highest BCUT2D eigenvalue weighted by Gasteiger charge is 2.34. The average molecular weight is 231 g/mol. The molecule has 0 spiro atoms. The summed E-state index contributed by atoms with van der Waals surface area (Å²) in [5.41, 5.74) is -0.329. The van der Waals surface area contributed by atoms with E-state index in [0.29, 0.717) is 19.6 Å². The van der Waals surface area contributed by atoms with Gasteiger partial charge in [0.1, 0.15) is 0 Å². The summed E-state index contributed by atoms with van der Waals surface area (Å²) >= 11 is 0. The van der Waals surface area contributed by atoms with Crippen molar-refractivity contribution in [2.24, 2.45) is 5.92 Å². The smallest absolute Gasteiger partial charge is 0.307 e. The first kappa shape index (κ1) is 13.4. The zero-order chi connectivity index (χ0) is 12.3. The molecule has 0 aromatic carbocycles. The fourth-order valence-electron chi connectivity index (χ4n) is 2.12. The van der Waals surface area contributed by atoms with Crippen molar-refractivity contribution in [2.75, 3.05) is 26.2 Å². The lowest BCUT2D eigenvalue weighted by Crippen LogP contribution is -2.54. The van der Waals surface area contributed by atoms with E-state index in [1.807, 2.05) is 18.7 Å². The molecule has 2 N–H and O–H groups in total. The Kier molecular flexibility index (Phi) is 4.29. The molecule has 0 aromatic heterocycles. The molecule has 5 heteroatoms. The van der Waals surface area contributed by atoms with Crippen LogP contribution in [0, 0.1) is 5.92 Å². The SMILES string of the molecule is CC(CN1CC(CO)OC(C)(C)C1)C(=O)O. The summed E-state index contributed by atoms with van der Waals surface area (Å²) in [4.78, 5) is 12.8. The molecular weight excluding hydrogens is 210 g/mol. The van der Waals surface area contributed by atoms with Gasteiger partial charge in [-0.25, -0.2) is 0 Å². The number of nitrogens with zero attached hydrogens (tertiary/aromatic N) is 1. The second-order valence-electron chi connectivity index (χ2n) is 5.12. The summed E-state index contributed by atoms with van der Waals surface area (Å²) in [6, 6.07) is 0.